The molecule has 0 fully saturated rings. The molecule has 0 saturated carbocycles. The molecule has 116 valence electrons. The van der Waals surface area contributed by atoms with Crippen molar-refractivity contribution >= 4 is 11.9 Å². The van der Waals surface area contributed by atoms with Crippen molar-refractivity contribution in [2.24, 2.45) is 7.05 Å². The number of carbonyl (C=O) groups excluding carboxylic acids is 1. The molecule has 1 aromatic heterocycles. The van der Waals surface area contributed by atoms with Crippen LogP contribution in [0.2, 0.25) is 0 Å². The zero-order valence-electron chi connectivity index (χ0n) is 12.4. The lowest BCUT2D eigenvalue weighted by atomic mass is 10.1. The number of hydrogen-bond donors (Lipinski definition) is 2. The molecule has 1 amide bonds. The molecule has 0 radical (unpaired) electrons. The first-order chi connectivity index (χ1) is 10.4. The molecule has 0 aliphatic carbocycles. The number of carboxylic acid groups (broad SMARTS) is 1. The Bertz CT molecular complexity index is 722. The highest BCUT2D eigenvalue weighted by Gasteiger charge is 2.19. The molecular formula is C16H17FN2O3. The molecule has 22 heavy (non-hydrogen) atoms. The summed E-state index contributed by atoms with van der Waals surface area (Å²) in [4.78, 5) is 23.3. The van der Waals surface area contributed by atoms with Gasteiger partial charge in [0, 0.05) is 25.5 Å². The van der Waals surface area contributed by atoms with E-state index < -0.39 is 5.97 Å². The lowest BCUT2D eigenvalue weighted by Gasteiger charge is -2.08. The second-order valence-corrected chi connectivity index (χ2v) is 5.13. The zero-order chi connectivity index (χ0) is 16.3. The minimum atomic E-state index is -1.05. The van der Waals surface area contributed by atoms with Crippen LogP contribution in [0.4, 0.5) is 4.39 Å². The fourth-order valence-corrected chi connectivity index (χ4v) is 2.40. The zero-order valence-corrected chi connectivity index (χ0v) is 12.4. The molecule has 1 aromatic carbocycles. The predicted molar refractivity (Wildman–Crippen MR) is 79.1 cm³/mol. The minimum absolute atomic E-state index is 0.0404. The Morgan fingerprint density at radius 2 is 2.09 bits per heavy atom. The highest BCUT2D eigenvalue weighted by molar-refractivity contribution is 5.93. The highest BCUT2D eigenvalue weighted by Crippen LogP contribution is 2.16. The molecule has 0 unspecified atom stereocenters. The van der Waals surface area contributed by atoms with E-state index in [9.17, 15) is 19.1 Å². The number of aromatic carboxylic acids is 1. The fraction of sp³-hybridized carbons (Fsp3) is 0.250. The third-order valence-corrected chi connectivity index (χ3v) is 3.42. The molecule has 6 heteroatoms. The number of nitrogens with one attached hydrogen (secondary N) is 1. The molecule has 1 heterocycles. The average molecular weight is 304 g/mol. The molecule has 2 rings (SSSR count). The van der Waals surface area contributed by atoms with Gasteiger partial charge in [-0.05, 0) is 30.2 Å². The summed E-state index contributed by atoms with van der Waals surface area (Å²) in [5.74, 6) is -1.73. The Kier molecular flexibility index (Phi) is 4.60. The summed E-state index contributed by atoms with van der Waals surface area (Å²) >= 11 is 0. The van der Waals surface area contributed by atoms with Gasteiger partial charge in [0.1, 0.15) is 5.82 Å². The van der Waals surface area contributed by atoms with Crippen molar-refractivity contribution in [2.75, 3.05) is 0 Å². The number of aromatic nitrogens is 1. The molecule has 0 saturated heterocycles. The van der Waals surface area contributed by atoms with Gasteiger partial charge in [-0.3, -0.25) is 4.79 Å². The molecule has 2 aromatic rings. The van der Waals surface area contributed by atoms with E-state index in [0.717, 1.165) is 0 Å². The van der Waals surface area contributed by atoms with Crippen LogP contribution in [0.25, 0.3) is 0 Å². The van der Waals surface area contributed by atoms with E-state index in [4.69, 9.17) is 0 Å². The van der Waals surface area contributed by atoms with Crippen LogP contribution in [-0.2, 0) is 24.8 Å². The van der Waals surface area contributed by atoms with E-state index in [1.807, 2.05) is 0 Å². The van der Waals surface area contributed by atoms with E-state index in [-0.39, 0.29) is 30.3 Å². The van der Waals surface area contributed by atoms with Crippen molar-refractivity contribution in [3.05, 3.63) is 58.7 Å². The van der Waals surface area contributed by atoms with E-state index in [2.05, 4.69) is 5.32 Å². The van der Waals surface area contributed by atoms with E-state index in [1.165, 1.54) is 12.1 Å². The Balaban J connectivity index is 2.05. The largest absolute Gasteiger partial charge is 0.478 e. The van der Waals surface area contributed by atoms with Crippen LogP contribution >= 0.6 is 0 Å². The lowest BCUT2D eigenvalue weighted by Crippen LogP contribution is -2.26. The van der Waals surface area contributed by atoms with Crippen LogP contribution in [0.5, 0.6) is 0 Å². The lowest BCUT2D eigenvalue weighted by molar-refractivity contribution is -0.120. The topological polar surface area (TPSA) is 71.3 Å². The van der Waals surface area contributed by atoms with Crippen LogP contribution in [-0.4, -0.2) is 21.6 Å². The molecule has 0 aliphatic heterocycles. The third-order valence-electron chi connectivity index (χ3n) is 3.42. The van der Waals surface area contributed by atoms with Crippen molar-refractivity contribution in [1.29, 1.82) is 0 Å². The van der Waals surface area contributed by atoms with Crippen LogP contribution in [0.15, 0.2) is 30.5 Å². The van der Waals surface area contributed by atoms with Gasteiger partial charge in [-0.25, -0.2) is 9.18 Å². The number of halogens is 1. The van der Waals surface area contributed by atoms with Gasteiger partial charge in [-0.15, -0.1) is 0 Å². The molecule has 2 N–H and O–H groups in total. The Hall–Kier alpha value is -2.63. The highest BCUT2D eigenvalue weighted by atomic mass is 19.1. The average Bonchev–Trinajstić information content (AvgIpc) is 2.71. The Morgan fingerprint density at radius 3 is 2.73 bits per heavy atom. The molecule has 5 nitrogen and oxygen atoms in total. The standard InChI is InChI=1S/C16H17FN2O3/c1-10-9-19(2)13(15(10)16(21)22)7-14(20)18-8-11-4-3-5-12(17)6-11/h3-6,9H,7-8H2,1-2H3,(H,18,20)(H,21,22). The van der Waals surface area contributed by atoms with E-state index in [0.29, 0.717) is 16.8 Å². The normalized spacial score (nSPS) is 10.5. The van der Waals surface area contributed by atoms with E-state index in [1.54, 1.807) is 36.9 Å². The Morgan fingerprint density at radius 1 is 1.36 bits per heavy atom. The van der Waals surface area contributed by atoms with Crippen molar-refractivity contribution in [3.63, 3.8) is 0 Å². The molecule has 0 spiro atoms. The first-order valence-electron chi connectivity index (χ1n) is 6.77. The van der Waals surface area contributed by atoms with E-state index >= 15 is 0 Å². The SMILES string of the molecule is Cc1cn(C)c(CC(=O)NCc2cccc(F)c2)c1C(=O)O. The molecule has 0 aliphatic rings. The molecule has 0 atom stereocenters. The van der Waals surface area contributed by atoms with Gasteiger partial charge < -0.3 is 15.0 Å². The van der Waals surface area contributed by atoms with Crippen LogP contribution in [0.3, 0.4) is 0 Å². The van der Waals surface area contributed by atoms with Crippen LogP contribution in [0.1, 0.15) is 27.2 Å². The number of nitrogens with zero attached hydrogens (tertiary/aromatic N) is 1. The number of carbonyl (C=O) groups is 2. The van der Waals surface area contributed by atoms with Gasteiger partial charge in [0.15, 0.2) is 0 Å². The van der Waals surface area contributed by atoms with Crippen molar-refractivity contribution in [3.8, 4) is 0 Å². The maximum absolute atomic E-state index is 13.1. The molecular weight excluding hydrogens is 287 g/mol. The summed E-state index contributed by atoms with van der Waals surface area (Å²) in [5.41, 5.74) is 1.86. The number of hydrogen-bond acceptors (Lipinski definition) is 2. The van der Waals surface area contributed by atoms with Crippen LogP contribution < -0.4 is 5.32 Å². The summed E-state index contributed by atoms with van der Waals surface area (Å²) in [6, 6.07) is 5.95. The van der Waals surface area contributed by atoms with Crippen molar-refractivity contribution in [2.45, 2.75) is 19.9 Å². The summed E-state index contributed by atoms with van der Waals surface area (Å²) < 4.78 is 14.7. The van der Waals surface area contributed by atoms with Gasteiger partial charge in [0.2, 0.25) is 5.91 Å². The third kappa shape index (κ3) is 3.52. The van der Waals surface area contributed by atoms with Gasteiger partial charge in [0.25, 0.3) is 0 Å². The number of amides is 1. The van der Waals surface area contributed by atoms with Crippen LogP contribution in [0, 0.1) is 12.7 Å². The summed E-state index contributed by atoms with van der Waals surface area (Å²) in [6.45, 7) is 1.89. The predicted octanol–water partition coefficient (Wildman–Crippen LogP) is 2.03. The van der Waals surface area contributed by atoms with Gasteiger partial charge in [-0.1, -0.05) is 12.1 Å². The monoisotopic (exact) mass is 304 g/mol. The quantitative estimate of drug-likeness (QED) is 0.888. The van der Waals surface area contributed by atoms with Gasteiger partial charge in [-0.2, -0.15) is 0 Å². The number of aryl methyl sites for hydroxylation is 2. The Labute approximate surface area is 127 Å². The summed E-state index contributed by atoms with van der Waals surface area (Å²) in [6.07, 6.45) is 1.64. The van der Waals surface area contributed by atoms with Gasteiger partial charge >= 0.3 is 5.97 Å². The smallest absolute Gasteiger partial charge is 0.337 e. The minimum Gasteiger partial charge on any atom is -0.478 e. The second-order valence-electron chi connectivity index (χ2n) is 5.13. The maximum Gasteiger partial charge on any atom is 0.337 e. The summed E-state index contributed by atoms with van der Waals surface area (Å²) in [5, 5.41) is 11.9. The summed E-state index contributed by atoms with van der Waals surface area (Å²) in [7, 11) is 1.70. The maximum atomic E-state index is 13.1. The first-order valence-corrected chi connectivity index (χ1v) is 6.77. The number of carboxylic acids is 1. The second kappa shape index (κ2) is 6.43. The molecule has 0 bridgehead atoms. The number of rotatable bonds is 5. The van der Waals surface area contributed by atoms with Crippen molar-refractivity contribution in [1.82, 2.24) is 9.88 Å². The van der Waals surface area contributed by atoms with Crippen molar-refractivity contribution < 1.29 is 19.1 Å². The van der Waals surface area contributed by atoms with Gasteiger partial charge in [0.05, 0.1) is 12.0 Å². The number of benzene rings is 1. The fourth-order valence-electron chi connectivity index (χ4n) is 2.40. The first kappa shape index (κ1) is 15.8.